The highest BCUT2D eigenvalue weighted by atomic mass is 32.2. The lowest BCUT2D eigenvalue weighted by atomic mass is 9.84. The molecule has 0 bridgehead atoms. The lowest BCUT2D eigenvalue weighted by Gasteiger charge is -2.31. The highest BCUT2D eigenvalue weighted by molar-refractivity contribution is 7.90. The molecule has 0 spiro atoms. The van der Waals surface area contributed by atoms with Crippen molar-refractivity contribution in [3.8, 4) is 5.75 Å². The van der Waals surface area contributed by atoms with Crippen LogP contribution in [0.4, 0.5) is 10.6 Å². The van der Waals surface area contributed by atoms with Crippen LogP contribution in [-0.4, -0.2) is 79.9 Å². The predicted octanol–water partition coefficient (Wildman–Crippen LogP) is 3.59. The van der Waals surface area contributed by atoms with Crippen molar-refractivity contribution in [3.05, 3.63) is 108 Å². The zero-order chi connectivity index (χ0) is 32.5. The molecule has 3 aromatic carbocycles. The van der Waals surface area contributed by atoms with Gasteiger partial charge in [0.05, 0.1) is 11.0 Å². The summed E-state index contributed by atoms with van der Waals surface area (Å²) in [4.78, 5) is 25.8. The molecule has 5 N–H and O–H groups in total. The van der Waals surface area contributed by atoms with Gasteiger partial charge < -0.3 is 30.5 Å². The van der Waals surface area contributed by atoms with E-state index in [0.29, 0.717) is 37.5 Å². The molecule has 0 aliphatic carbocycles. The van der Waals surface area contributed by atoms with E-state index < -0.39 is 33.8 Å². The number of ether oxygens (including phenoxy) is 2. The topological polar surface area (TPSA) is 172 Å². The van der Waals surface area contributed by atoms with Crippen molar-refractivity contribution in [2.24, 2.45) is 0 Å². The number of carbonyl (C=O) groups is 2. The second-order valence-corrected chi connectivity index (χ2v) is 13.1. The van der Waals surface area contributed by atoms with Gasteiger partial charge in [-0.1, -0.05) is 60.7 Å². The summed E-state index contributed by atoms with van der Waals surface area (Å²) in [6.07, 6.45) is 2.37. The van der Waals surface area contributed by atoms with E-state index in [4.69, 9.17) is 9.47 Å². The van der Waals surface area contributed by atoms with Crippen molar-refractivity contribution in [2.75, 3.05) is 31.3 Å². The van der Waals surface area contributed by atoms with E-state index in [9.17, 15) is 23.1 Å². The third kappa shape index (κ3) is 8.71. The Morgan fingerprint density at radius 1 is 0.978 bits per heavy atom. The fraction of sp³-hybridized carbons (Fsp3) is 0.303. The van der Waals surface area contributed by atoms with Crippen LogP contribution in [0.15, 0.2) is 96.0 Å². The van der Waals surface area contributed by atoms with Crippen LogP contribution in [0.2, 0.25) is 0 Å². The highest BCUT2D eigenvalue weighted by Crippen LogP contribution is 2.29. The molecule has 1 fully saturated rings. The molecule has 4 aromatic rings. The summed E-state index contributed by atoms with van der Waals surface area (Å²) in [5.41, 5.74) is 2.33. The molecule has 1 aromatic heterocycles. The van der Waals surface area contributed by atoms with Gasteiger partial charge in [0.2, 0.25) is 5.91 Å². The fourth-order valence-corrected chi connectivity index (χ4v) is 6.10. The molecule has 242 valence electrons. The van der Waals surface area contributed by atoms with E-state index in [1.807, 2.05) is 60.7 Å². The molecular formula is C33H37N5O7S. The van der Waals surface area contributed by atoms with Crippen molar-refractivity contribution in [1.82, 2.24) is 20.8 Å². The average Bonchev–Trinajstić information content (AvgIpc) is 3.50. The number of rotatable bonds is 13. The fourth-order valence-electron chi connectivity index (χ4n) is 5.47. The van der Waals surface area contributed by atoms with Crippen LogP contribution >= 0.6 is 0 Å². The SMILES string of the molecule is CS(=O)(=O)c1ccc(OC[C@@H]2CNC[C@@H](CCc3c[nH]nc3NC(=O)[C@@H](NC(=O)O)C(c3ccccc3)c3ccccc3)O2)cc1. The van der Waals surface area contributed by atoms with Gasteiger partial charge in [0.15, 0.2) is 15.7 Å². The minimum atomic E-state index is -3.28. The van der Waals surface area contributed by atoms with E-state index >= 15 is 0 Å². The van der Waals surface area contributed by atoms with E-state index in [1.165, 1.54) is 12.1 Å². The minimum Gasteiger partial charge on any atom is -0.491 e. The third-order valence-electron chi connectivity index (χ3n) is 7.73. The first-order valence-electron chi connectivity index (χ1n) is 14.9. The Labute approximate surface area is 267 Å². The number of nitrogens with zero attached hydrogens (tertiary/aromatic N) is 1. The maximum absolute atomic E-state index is 13.7. The number of hydrogen-bond donors (Lipinski definition) is 5. The number of amides is 2. The van der Waals surface area contributed by atoms with Gasteiger partial charge in [-0.2, -0.15) is 5.10 Å². The standard InChI is InChI=1S/C33H37N5O7S/c1-46(42,43)28-16-14-25(15-17-28)44-21-27-20-34-19-26(45-27)13-12-24-18-35-38-31(24)37-32(39)30(36-33(40)41)29(22-8-4-2-5-9-22)23-10-6-3-7-11-23/h2-11,14-18,26-27,29-30,34,36H,12-13,19-21H2,1H3,(H,40,41)(H2,35,37,38,39)/t26-,27+,30+/m1/s1. The molecule has 1 aliphatic rings. The molecule has 1 aliphatic heterocycles. The number of benzene rings is 3. The number of nitrogens with one attached hydrogen (secondary N) is 4. The largest absolute Gasteiger partial charge is 0.491 e. The van der Waals surface area contributed by atoms with Gasteiger partial charge in [0.25, 0.3) is 0 Å². The predicted molar refractivity (Wildman–Crippen MR) is 172 cm³/mol. The lowest BCUT2D eigenvalue weighted by Crippen LogP contribution is -2.47. The number of H-pyrrole nitrogens is 1. The summed E-state index contributed by atoms with van der Waals surface area (Å²) >= 11 is 0. The second kappa shape index (κ2) is 15.0. The van der Waals surface area contributed by atoms with Crippen LogP contribution in [0.3, 0.4) is 0 Å². The number of carbonyl (C=O) groups excluding carboxylic acids is 1. The Morgan fingerprint density at radius 3 is 2.22 bits per heavy atom. The molecule has 0 unspecified atom stereocenters. The van der Waals surface area contributed by atoms with Gasteiger partial charge in [-0.05, 0) is 48.2 Å². The number of carboxylic acid groups (broad SMARTS) is 1. The summed E-state index contributed by atoms with van der Waals surface area (Å²) in [5.74, 6) is -0.247. The van der Waals surface area contributed by atoms with E-state index in [0.717, 1.165) is 22.9 Å². The highest BCUT2D eigenvalue weighted by Gasteiger charge is 2.33. The van der Waals surface area contributed by atoms with Gasteiger partial charge in [0.1, 0.15) is 24.5 Å². The normalized spacial score (nSPS) is 17.3. The molecule has 2 heterocycles. The molecule has 12 nitrogen and oxygen atoms in total. The number of hydrogen-bond acceptors (Lipinski definition) is 8. The molecule has 2 amide bonds. The van der Waals surface area contributed by atoms with Crippen LogP contribution in [0, 0.1) is 0 Å². The zero-order valence-corrected chi connectivity index (χ0v) is 26.1. The monoisotopic (exact) mass is 647 g/mol. The van der Waals surface area contributed by atoms with Gasteiger partial charge in [-0.3, -0.25) is 9.89 Å². The summed E-state index contributed by atoms with van der Waals surface area (Å²) in [6, 6.07) is 23.7. The number of morpholine rings is 1. The first kappa shape index (κ1) is 32.7. The zero-order valence-electron chi connectivity index (χ0n) is 25.3. The summed E-state index contributed by atoms with van der Waals surface area (Å²) in [7, 11) is -3.28. The quantitative estimate of drug-likeness (QED) is 0.145. The Kier molecular flexibility index (Phi) is 10.7. The number of aromatic amines is 1. The van der Waals surface area contributed by atoms with Gasteiger partial charge >= 0.3 is 6.09 Å². The molecular weight excluding hydrogens is 610 g/mol. The second-order valence-electron chi connectivity index (χ2n) is 11.1. The van der Waals surface area contributed by atoms with Crippen LogP contribution in [-0.2, 0) is 25.8 Å². The van der Waals surface area contributed by atoms with Crippen molar-refractivity contribution in [3.63, 3.8) is 0 Å². The maximum Gasteiger partial charge on any atom is 0.405 e. The van der Waals surface area contributed by atoms with Crippen molar-refractivity contribution >= 4 is 27.7 Å². The Hall–Kier alpha value is -4.72. The van der Waals surface area contributed by atoms with Crippen LogP contribution in [0.25, 0.3) is 0 Å². The van der Waals surface area contributed by atoms with Crippen molar-refractivity contribution in [2.45, 2.75) is 41.9 Å². The maximum atomic E-state index is 13.7. The van der Waals surface area contributed by atoms with Crippen LogP contribution in [0.1, 0.15) is 29.0 Å². The molecule has 0 radical (unpaired) electrons. The first-order chi connectivity index (χ1) is 22.2. The number of aromatic nitrogens is 2. The van der Waals surface area contributed by atoms with Crippen molar-refractivity contribution in [1.29, 1.82) is 0 Å². The Morgan fingerprint density at radius 2 is 1.61 bits per heavy atom. The van der Waals surface area contributed by atoms with E-state index in [1.54, 1.807) is 18.3 Å². The van der Waals surface area contributed by atoms with Gasteiger partial charge in [-0.25, -0.2) is 13.2 Å². The Bertz CT molecular complexity index is 1660. The minimum absolute atomic E-state index is 0.129. The number of aryl methyl sites for hydroxylation is 1. The molecule has 5 rings (SSSR count). The lowest BCUT2D eigenvalue weighted by molar-refractivity contribution is -0.118. The van der Waals surface area contributed by atoms with Crippen LogP contribution in [0.5, 0.6) is 5.75 Å². The molecule has 3 atom stereocenters. The van der Waals surface area contributed by atoms with Crippen LogP contribution < -0.4 is 20.7 Å². The summed E-state index contributed by atoms with van der Waals surface area (Å²) in [5, 5.41) is 25.4. The van der Waals surface area contributed by atoms with Crippen molar-refractivity contribution < 1.29 is 32.6 Å². The smallest absolute Gasteiger partial charge is 0.405 e. The average molecular weight is 648 g/mol. The third-order valence-corrected chi connectivity index (χ3v) is 8.85. The molecule has 0 saturated carbocycles. The molecule has 13 heteroatoms. The first-order valence-corrected chi connectivity index (χ1v) is 16.8. The summed E-state index contributed by atoms with van der Waals surface area (Å²) in [6.45, 7) is 1.53. The van der Waals surface area contributed by atoms with Gasteiger partial charge in [0, 0.05) is 37.0 Å². The van der Waals surface area contributed by atoms with Gasteiger partial charge in [-0.15, -0.1) is 0 Å². The van der Waals surface area contributed by atoms with E-state index in [2.05, 4.69) is 26.1 Å². The number of sulfone groups is 1. The molecule has 1 saturated heterocycles. The van der Waals surface area contributed by atoms with E-state index in [-0.39, 0.29) is 23.7 Å². The number of anilines is 1. The molecule has 46 heavy (non-hydrogen) atoms. The Balaban J connectivity index is 1.21. The summed E-state index contributed by atoms with van der Waals surface area (Å²) < 4.78 is 35.5.